The van der Waals surface area contributed by atoms with Gasteiger partial charge in [-0.15, -0.1) is 0 Å². The van der Waals surface area contributed by atoms with E-state index in [-0.39, 0.29) is 34.6 Å². The quantitative estimate of drug-likeness (QED) is 0.558. The number of ketones is 1. The van der Waals surface area contributed by atoms with Crippen LogP contribution in [-0.4, -0.2) is 11.7 Å². The van der Waals surface area contributed by atoms with Gasteiger partial charge in [-0.25, -0.2) is 0 Å². The number of carbonyl (C=O) groups excluding carboxylic acids is 2. The summed E-state index contributed by atoms with van der Waals surface area (Å²) in [7, 11) is 0. The highest BCUT2D eigenvalue weighted by molar-refractivity contribution is 6.35. The number of carbonyl (C=O) groups is 2. The van der Waals surface area contributed by atoms with Gasteiger partial charge >= 0.3 is 0 Å². The molecule has 34 heavy (non-hydrogen) atoms. The van der Waals surface area contributed by atoms with Gasteiger partial charge in [-0.2, -0.15) is 5.26 Å². The molecule has 0 radical (unpaired) electrons. The van der Waals surface area contributed by atoms with Gasteiger partial charge in [0.15, 0.2) is 5.78 Å². The lowest BCUT2D eigenvalue weighted by Crippen LogP contribution is -2.52. The Morgan fingerprint density at radius 1 is 1.09 bits per heavy atom. The number of amides is 1. The van der Waals surface area contributed by atoms with Gasteiger partial charge in [-0.3, -0.25) is 14.5 Å². The molecular weight excluding hydrogens is 471 g/mol. The molecule has 1 unspecified atom stereocenters. The van der Waals surface area contributed by atoms with Crippen LogP contribution in [0.4, 0.5) is 11.4 Å². The topological polar surface area (TPSA) is 99.2 Å². The summed E-state index contributed by atoms with van der Waals surface area (Å²) in [5.41, 5.74) is 8.15. The number of aryl methyl sites for hydroxylation is 1. The normalized spacial score (nSPS) is 23.1. The number of rotatable bonds is 1. The third kappa shape index (κ3) is 3.01. The van der Waals surface area contributed by atoms with Crippen LogP contribution in [0, 0.1) is 23.7 Å². The SMILES string of the molecule is Cc1ccc2c(c1)C1(C(=O)N2)C(C#N)=C(N)N(c2cc(Cl)cc(Cl)c2)C2=C1C(=O)CC(C)(C)C2. The van der Waals surface area contributed by atoms with Gasteiger partial charge in [-0.1, -0.05) is 54.7 Å². The highest BCUT2D eigenvalue weighted by Crippen LogP contribution is 2.57. The lowest BCUT2D eigenvalue weighted by Gasteiger charge is -2.46. The molecule has 5 rings (SSSR count). The first kappa shape index (κ1) is 22.5. The van der Waals surface area contributed by atoms with Crippen LogP contribution >= 0.6 is 23.2 Å². The second-order valence-electron chi connectivity index (χ2n) is 9.85. The van der Waals surface area contributed by atoms with Crippen LogP contribution in [0.3, 0.4) is 0 Å². The van der Waals surface area contributed by atoms with E-state index < -0.39 is 11.3 Å². The number of fused-ring (bicyclic) bond motifs is 3. The zero-order valence-corrected chi connectivity index (χ0v) is 20.4. The first-order valence-corrected chi connectivity index (χ1v) is 11.6. The number of nitrogens with one attached hydrogen (secondary N) is 1. The Labute approximate surface area is 207 Å². The molecule has 1 amide bonds. The molecule has 0 fully saturated rings. The number of nitriles is 1. The van der Waals surface area contributed by atoms with Crippen molar-refractivity contribution in [2.45, 2.75) is 39.0 Å². The molecule has 0 saturated carbocycles. The molecule has 8 heteroatoms. The second kappa shape index (κ2) is 7.36. The summed E-state index contributed by atoms with van der Waals surface area (Å²) in [5.74, 6) is -0.555. The maximum atomic E-state index is 13.8. The smallest absolute Gasteiger partial charge is 0.245 e. The molecule has 1 atom stereocenters. The van der Waals surface area contributed by atoms with Crippen molar-refractivity contribution in [1.82, 2.24) is 0 Å². The summed E-state index contributed by atoms with van der Waals surface area (Å²) in [6.07, 6.45) is 0.707. The fourth-order valence-electron chi connectivity index (χ4n) is 5.50. The lowest BCUT2D eigenvalue weighted by atomic mass is 9.60. The van der Waals surface area contributed by atoms with E-state index in [1.165, 1.54) is 0 Å². The van der Waals surface area contributed by atoms with Gasteiger partial charge in [0.1, 0.15) is 17.3 Å². The lowest BCUT2D eigenvalue weighted by molar-refractivity contribution is -0.123. The molecule has 2 aliphatic heterocycles. The predicted molar refractivity (Wildman–Crippen MR) is 132 cm³/mol. The van der Waals surface area contributed by atoms with Crippen molar-refractivity contribution >= 4 is 46.3 Å². The summed E-state index contributed by atoms with van der Waals surface area (Å²) in [6.45, 7) is 5.90. The molecule has 1 spiro atoms. The minimum Gasteiger partial charge on any atom is -0.384 e. The Morgan fingerprint density at radius 3 is 2.41 bits per heavy atom. The third-order valence-electron chi connectivity index (χ3n) is 6.75. The fraction of sp³-hybridized carbons (Fsp3) is 0.269. The molecule has 0 saturated heterocycles. The standard InChI is InChI=1S/C26H22Cl2N4O2/c1-13-4-5-19-17(6-13)26(24(34)31-19)18(12-29)23(30)32(16-8-14(27)7-15(28)9-16)20-10-25(2,3)11-21(33)22(20)26/h4-9H,10-11,30H2,1-3H3,(H,31,34). The Hall–Kier alpha value is -3.27. The molecule has 0 aromatic heterocycles. The van der Waals surface area contributed by atoms with E-state index in [2.05, 4.69) is 11.4 Å². The molecule has 2 aromatic rings. The number of benzene rings is 2. The van der Waals surface area contributed by atoms with E-state index in [0.717, 1.165) is 5.56 Å². The van der Waals surface area contributed by atoms with E-state index in [1.807, 2.05) is 32.9 Å². The summed E-state index contributed by atoms with van der Waals surface area (Å²) in [5, 5.41) is 14.0. The van der Waals surface area contributed by atoms with Gasteiger partial charge in [0.2, 0.25) is 5.91 Å². The van der Waals surface area contributed by atoms with E-state index in [4.69, 9.17) is 28.9 Å². The minimum absolute atomic E-state index is 0.0113. The largest absolute Gasteiger partial charge is 0.384 e. The van der Waals surface area contributed by atoms with Gasteiger partial charge in [0.25, 0.3) is 0 Å². The molecule has 0 bridgehead atoms. The van der Waals surface area contributed by atoms with Crippen molar-refractivity contribution in [2.75, 3.05) is 10.2 Å². The minimum atomic E-state index is -1.61. The molecular formula is C26H22Cl2N4O2. The first-order valence-electron chi connectivity index (χ1n) is 10.9. The maximum absolute atomic E-state index is 13.8. The first-order chi connectivity index (χ1) is 16.0. The zero-order chi connectivity index (χ0) is 24.6. The van der Waals surface area contributed by atoms with Crippen molar-refractivity contribution in [1.29, 1.82) is 5.26 Å². The molecule has 2 heterocycles. The van der Waals surface area contributed by atoms with Crippen molar-refractivity contribution < 1.29 is 9.59 Å². The molecule has 3 N–H and O–H groups in total. The van der Waals surface area contributed by atoms with Crippen LogP contribution in [0.5, 0.6) is 0 Å². The van der Waals surface area contributed by atoms with Crippen LogP contribution < -0.4 is 16.0 Å². The summed E-state index contributed by atoms with van der Waals surface area (Å²) >= 11 is 12.6. The number of Topliss-reactive ketones (excluding diaryl/α,β-unsaturated/α-hetero) is 1. The predicted octanol–water partition coefficient (Wildman–Crippen LogP) is 5.35. The maximum Gasteiger partial charge on any atom is 0.245 e. The van der Waals surface area contributed by atoms with Crippen LogP contribution in [0.2, 0.25) is 10.0 Å². The van der Waals surface area contributed by atoms with E-state index in [1.54, 1.807) is 29.2 Å². The van der Waals surface area contributed by atoms with Crippen LogP contribution in [0.25, 0.3) is 0 Å². The summed E-state index contributed by atoms with van der Waals surface area (Å²) < 4.78 is 0. The van der Waals surface area contributed by atoms with Crippen LogP contribution in [-0.2, 0) is 15.0 Å². The third-order valence-corrected chi connectivity index (χ3v) is 7.19. The second-order valence-corrected chi connectivity index (χ2v) is 10.7. The number of allylic oxidation sites excluding steroid dienone is 1. The van der Waals surface area contributed by atoms with E-state index >= 15 is 0 Å². The molecule has 2 aromatic carbocycles. The number of nitrogens with zero attached hydrogens (tertiary/aromatic N) is 2. The van der Waals surface area contributed by atoms with Crippen molar-refractivity contribution in [3.8, 4) is 6.07 Å². The zero-order valence-electron chi connectivity index (χ0n) is 18.9. The van der Waals surface area contributed by atoms with Crippen LogP contribution in [0.15, 0.2) is 59.1 Å². The average molecular weight is 493 g/mol. The Bertz CT molecular complexity index is 1400. The van der Waals surface area contributed by atoms with Crippen molar-refractivity contribution in [3.63, 3.8) is 0 Å². The highest BCUT2D eigenvalue weighted by atomic mass is 35.5. The van der Waals surface area contributed by atoms with Crippen molar-refractivity contribution in [2.24, 2.45) is 11.1 Å². The summed E-state index contributed by atoms with van der Waals surface area (Å²) in [6, 6.07) is 12.6. The van der Waals surface area contributed by atoms with Gasteiger partial charge < -0.3 is 11.1 Å². The number of anilines is 2. The van der Waals surface area contributed by atoms with E-state index in [0.29, 0.717) is 39.1 Å². The van der Waals surface area contributed by atoms with Crippen molar-refractivity contribution in [3.05, 3.63) is 80.2 Å². The monoisotopic (exact) mass is 492 g/mol. The van der Waals surface area contributed by atoms with Gasteiger partial charge in [0.05, 0.1) is 11.3 Å². The van der Waals surface area contributed by atoms with E-state index in [9.17, 15) is 14.9 Å². The number of halogens is 2. The Kier molecular flexibility index (Phi) is 4.88. The molecule has 6 nitrogen and oxygen atoms in total. The number of hydrogen-bond donors (Lipinski definition) is 2. The average Bonchev–Trinajstić information content (AvgIpc) is 2.98. The number of nitrogens with two attached hydrogens (primary N) is 1. The molecule has 3 aliphatic rings. The Balaban J connectivity index is 1.92. The van der Waals surface area contributed by atoms with Gasteiger partial charge in [-0.05, 0) is 43.0 Å². The number of hydrogen-bond acceptors (Lipinski definition) is 5. The highest BCUT2D eigenvalue weighted by Gasteiger charge is 2.61. The molecule has 172 valence electrons. The Morgan fingerprint density at radius 2 is 1.76 bits per heavy atom. The summed E-state index contributed by atoms with van der Waals surface area (Å²) in [4.78, 5) is 29.2. The molecule has 1 aliphatic carbocycles. The van der Waals surface area contributed by atoms with Crippen LogP contribution in [0.1, 0.15) is 37.8 Å². The fourth-order valence-corrected chi connectivity index (χ4v) is 6.01. The van der Waals surface area contributed by atoms with Gasteiger partial charge in [0, 0.05) is 39.0 Å².